The molecule has 29 heavy (non-hydrogen) atoms. The second-order valence-corrected chi connectivity index (χ2v) is 7.56. The van der Waals surface area contributed by atoms with Crippen molar-refractivity contribution < 1.29 is 18.3 Å². The molecule has 2 aromatic rings. The third kappa shape index (κ3) is 4.33. The number of Topliss-reactive ketones (excluding diaryl/α,β-unsaturated/α-hetero) is 1. The number of hydrogen-bond donors (Lipinski definition) is 0. The van der Waals surface area contributed by atoms with Gasteiger partial charge in [0.1, 0.15) is 17.9 Å². The molecule has 1 aliphatic carbocycles. The maximum Gasteiger partial charge on any atom is 0.156 e. The molecule has 3 rings (SSSR count). The Balaban J connectivity index is 2.15. The number of aromatic nitrogens is 2. The number of allylic oxidation sites excluding steroid dienone is 4. The van der Waals surface area contributed by atoms with Crippen LogP contribution < -0.4 is 0 Å². The summed E-state index contributed by atoms with van der Waals surface area (Å²) in [7, 11) is 0. The van der Waals surface area contributed by atoms with Crippen molar-refractivity contribution in [1.82, 2.24) is 9.78 Å². The predicted octanol–water partition coefficient (Wildman–Crippen LogP) is 5.63. The number of carbonyl (C=O) groups is 1. The molecule has 0 saturated heterocycles. The van der Waals surface area contributed by atoms with Crippen LogP contribution in [0.3, 0.4) is 0 Å². The van der Waals surface area contributed by atoms with Gasteiger partial charge < -0.3 is 4.74 Å². The highest BCUT2D eigenvalue weighted by molar-refractivity contribution is 6.32. The largest absolute Gasteiger partial charge is 0.357 e. The second kappa shape index (κ2) is 8.59. The Morgan fingerprint density at radius 3 is 2.48 bits per heavy atom. The molecule has 0 saturated carbocycles. The molecule has 0 spiro atoms. The maximum absolute atomic E-state index is 14.0. The van der Waals surface area contributed by atoms with Gasteiger partial charge in [0.15, 0.2) is 5.78 Å². The van der Waals surface area contributed by atoms with Crippen LogP contribution in [0.2, 0.25) is 0 Å². The fourth-order valence-electron chi connectivity index (χ4n) is 3.84. The average Bonchev–Trinajstić information content (AvgIpc) is 3.12. The van der Waals surface area contributed by atoms with E-state index in [1.165, 1.54) is 19.1 Å². The minimum atomic E-state index is -0.694. The number of rotatable bonds is 6. The molecule has 1 aliphatic rings. The number of ketones is 1. The molecule has 3 unspecified atom stereocenters. The summed E-state index contributed by atoms with van der Waals surface area (Å²) in [4.78, 5) is 12.4. The highest BCUT2D eigenvalue weighted by Crippen LogP contribution is 2.48. The first-order valence-corrected chi connectivity index (χ1v) is 9.81. The van der Waals surface area contributed by atoms with Crippen LogP contribution >= 0.6 is 11.6 Å². The fraction of sp³-hybridized carbons (Fsp3) is 0.364. The molecule has 7 heteroatoms. The quantitative estimate of drug-likeness (QED) is 0.608. The lowest BCUT2D eigenvalue weighted by atomic mass is 9.70. The van der Waals surface area contributed by atoms with Gasteiger partial charge in [-0.15, -0.1) is 0 Å². The molecule has 3 atom stereocenters. The third-order valence-corrected chi connectivity index (χ3v) is 5.61. The van der Waals surface area contributed by atoms with Crippen molar-refractivity contribution in [2.45, 2.75) is 45.8 Å². The molecule has 0 aliphatic heterocycles. The standard InChI is InChI=1S/C22H23ClF2N2O2/c1-5-29-14(4)27-11-16(10-26-27)21-12(2)20(23)9-19(13(3)28)22(21)15-6-17(24)8-18(25)7-15/h6-11,14,21-22H,5H2,1-4H3. The van der Waals surface area contributed by atoms with E-state index >= 15 is 0 Å². The minimum Gasteiger partial charge on any atom is -0.357 e. The van der Waals surface area contributed by atoms with Gasteiger partial charge in [0.25, 0.3) is 0 Å². The minimum absolute atomic E-state index is 0.203. The van der Waals surface area contributed by atoms with Crippen LogP contribution in [0.4, 0.5) is 8.78 Å². The summed E-state index contributed by atoms with van der Waals surface area (Å²) in [6, 6.07) is 3.34. The zero-order valence-electron chi connectivity index (χ0n) is 16.7. The lowest BCUT2D eigenvalue weighted by Gasteiger charge is -2.33. The van der Waals surface area contributed by atoms with Crippen LogP contribution in [-0.2, 0) is 9.53 Å². The lowest BCUT2D eigenvalue weighted by molar-refractivity contribution is -0.113. The molecule has 0 fully saturated rings. The fourth-order valence-corrected chi connectivity index (χ4v) is 4.07. The van der Waals surface area contributed by atoms with Crippen molar-refractivity contribution in [3.05, 3.63) is 75.6 Å². The van der Waals surface area contributed by atoms with Gasteiger partial charge in [-0.3, -0.25) is 4.79 Å². The molecule has 154 valence electrons. The smallest absolute Gasteiger partial charge is 0.156 e. The summed E-state index contributed by atoms with van der Waals surface area (Å²) in [6.07, 6.45) is 4.82. The predicted molar refractivity (Wildman–Crippen MR) is 108 cm³/mol. The van der Waals surface area contributed by atoms with Crippen LogP contribution in [0, 0.1) is 11.6 Å². The Labute approximate surface area is 173 Å². The van der Waals surface area contributed by atoms with Gasteiger partial charge in [0.05, 0.1) is 6.20 Å². The monoisotopic (exact) mass is 420 g/mol. The highest BCUT2D eigenvalue weighted by Gasteiger charge is 2.36. The van der Waals surface area contributed by atoms with E-state index in [-0.39, 0.29) is 12.0 Å². The summed E-state index contributed by atoms with van der Waals surface area (Å²) < 4.78 is 35.2. The van der Waals surface area contributed by atoms with Crippen molar-refractivity contribution in [2.24, 2.45) is 0 Å². The lowest BCUT2D eigenvalue weighted by Crippen LogP contribution is -2.22. The van der Waals surface area contributed by atoms with Crippen molar-refractivity contribution in [3.63, 3.8) is 0 Å². The van der Waals surface area contributed by atoms with E-state index in [1.54, 1.807) is 17.0 Å². The maximum atomic E-state index is 14.0. The third-order valence-electron chi connectivity index (χ3n) is 5.21. The molecule has 0 bridgehead atoms. The SMILES string of the molecule is CCOC(C)n1cc(C2C(C)=C(Cl)C=C(C(C)=O)C2c2cc(F)cc(F)c2)cn1. The molecule has 4 nitrogen and oxygen atoms in total. The molecule has 0 radical (unpaired) electrons. The number of carbonyl (C=O) groups excluding carboxylic acids is 1. The summed E-state index contributed by atoms with van der Waals surface area (Å²) in [6.45, 7) is 7.58. The normalized spacial score (nSPS) is 20.6. The second-order valence-electron chi connectivity index (χ2n) is 7.15. The Morgan fingerprint density at radius 1 is 1.24 bits per heavy atom. The first-order chi connectivity index (χ1) is 13.7. The van der Waals surface area contributed by atoms with E-state index in [0.717, 1.165) is 17.2 Å². The van der Waals surface area contributed by atoms with E-state index in [2.05, 4.69) is 5.10 Å². The van der Waals surface area contributed by atoms with Crippen LogP contribution in [0.5, 0.6) is 0 Å². The number of nitrogens with zero attached hydrogens (tertiary/aromatic N) is 2. The zero-order chi connectivity index (χ0) is 21.3. The van der Waals surface area contributed by atoms with Gasteiger partial charge in [-0.1, -0.05) is 11.6 Å². The molecule has 0 N–H and O–H groups in total. The van der Waals surface area contributed by atoms with Gasteiger partial charge in [-0.25, -0.2) is 13.5 Å². The summed E-state index contributed by atoms with van der Waals surface area (Å²) >= 11 is 6.44. The first kappa shape index (κ1) is 21.4. The van der Waals surface area contributed by atoms with E-state index < -0.39 is 23.5 Å². The van der Waals surface area contributed by atoms with Gasteiger partial charge >= 0.3 is 0 Å². The van der Waals surface area contributed by atoms with Crippen molar-refractivity contribution in [1.29, 1.82) is 0 Å². The number of ether oxygens (including phenoxy) is 1. The molecule has 1 aromatic carbocycles. The van der Waals surface area contributed by atoms with Crippen LogP contribution in [0.1, 0.15) is 56.9 Å². The van der Waals surface area contributed by atoms with Crippen molar-refractivity contribution in [3.8, 4) is 0 Å². The van der Waals surface area contributed by atoms with Crippen molar-refractivity contribution in [2.75, 3.05) is 6.61 Å². The molecule has 1 heterocycles. The van der Waals surface area contributed by atoms with Gasteiger partial charge in [0, 0.05) is 41.3 Å². The zero-order valence-corrected chi connectivity index (χ0v) is 17.5. The Bertz CT molecular complexity index is 976. The average molecular weight is 421 g/mol. The summed E-state index contributed by atoms with van der Waals surface area (Å²) in [5.74, 6) is -2.57. The van der Waals surface area contributed by atoms with Crippen LogP contribution in [0.15, 0.2) is 52.8 Å². The number of halogens is 3. The van der Waals surface area contributed by atoms with Crippen LogP contribution in [0.25, 0.3) is 0 Å². The van der Waals surface area contributed by atoms with E-state index in [1.807, 2.05) is 27.0 Å². The van der Waals surface area contributed by atoms with Gasteiger partial charge in [-0.05, 0) is 62.6 Å². The highest BCUT2D eigenvalue weighted by atomic mass is 35.5. The van der Waals surface area contributed by atoms with E-state index in [4.69, 9.17) is 16.3 Å². The topological polar surface area (TPSA) is 44.1 Å². The van der Waals surface area contributed by atoms with Gasteiger partial charge in [-0.2, -0.15) is 5.10 Å². The van der Waals surface area contributed by atoms with Gasteiger partial charge in [0.2, 0.25) is 0 Å². The van der Waals surface area contributed by atoms with Crippen LogP contribution in [-0.4, -0.2) is 22.2 Å². The van der Waals surface area contributed by atoms with Crippen molar-refractivity contribution >= 4 is 17.4 Å². The molecular weight excluding hydrogens is 398 g/mol. The summed E-state index contributed by atoms with van der Waals surface area (Å²) in [5, 5.41) is 4.82. The Hall–Kier alpha value is -2.31. The number of hydrogen-bond acceptors (Lipinski definition) is 3. The summed E-state index contributed by atoms with van der Waals surface area (Å²) in [5.41, 5.74) is 2.37. The first-order valence-electron chi connectivity index (χ1n) is 9.43. The molecule has 1 aromatic heterocycles. The number of benzene rings is 1. The molecule has 0 amide bonds. The van der Waals surface area contributed by atoms with E-state index in [0.29, 0.717) is 22.8 Å². The van der Waals surface area contributed by atoms with E-state index in [9.17, 15) is 13.6 Å². The Morgan fingerprint density at radius 2 is 1.90 bits per heavy atom. The molecular formula is C22H23ClF2N2O2. The Kier molecular flexibility index (Phi) is 6.34.